The van der Waals surface area contributed by atoms with Crippen LogP contribution in [0.2, 0.25) is 5.02 Å². The van der Waals surface area contributed by atoms with Crippen molar-refractivity contribution in [1.29, 1.82) is 0 Å². The summed E-state index contributed by atoms with van der Waals surface area (Å²) >= 11 is 6.01. The fourth-order valence-electron chi connectivity index (χ4n) is 3.55. The summed E-state index contributed by atoms with van der Waals surface area (Å²) in [4.78, 5) is 26.1. The highest BCUT2D eigenvalue weighted by Gasteiger charge is 2.34. The second kappa shape index (κ2) is 7.08. The average Bonchev–Trinajstić information content (AvgIpc) is 3.00. The smallest absolute Gasteiger partial charge is 0.335 e. The molecule has 0 fully saturated rings. The van der Waals surface area contributed by atoms with Crippen LogP contribution in [0.15, 0.2) is 36.4 Å². The van der Waals surface area contributed by atoms with Crippen molar-refractivity contribution in [2.75, 3.05) is 0 Å². The summed E-state index contributed by atoms with van der Waals surface area (Å²) in [6, 6.07) is 8.76. The molecule has 0 heterocycles. The predicted molar refractivity (Wildman–Crippen MR) is 97.2 cm³/mol. The van der Waals surface area contributed by atoms with Crippen molar-refractivity contribution in [2.24, 2.45) is 0 Å². The van der Waals surface area contributed by atoms with Crippen molar-refractivity contribution in [3.05, 3.63) is 69.5 Å². The number of fused-ring (bicyclic) bond motifs is 1. The number of rotatable bonds is 4. The summed E-state index contributed by atoms with van der Waals surface area (Å²) in [5.74, 6) is -2.00. The first kappa shape index (κ1) is 18.4. The topological polar surface area (TPSA) is 57.6 Å². The molecule has 136 valence electrons. The second-order valence-electron chi connectivity index (χ2n) is 6.68. The van der Waals surface area contributed by atoms with E-state index in [9.17, 15) is 19.1 Å². The van der Waals surface area contributed by atoms with Gasteiger partial charge in [-0.15, -0.1) is 0 Å². The third-order valence-electron chi connectivity index (χ3n) is 4.75. The standard InChI is InChI=1S/C20H19ClFNO3/c1-11(2)23(19(24)14-4-3-5-16(22)18(14)21)17-9-8-12-6-7-13(20(25)26)10-15(12)17/h3-7,10-11,17H,8-9H2,1-2H3,(H,25,26)/t17-/m1/s1. The van der Waals surface area contributed by atoms with Gasteiger partial charge >= 0.3 is 5.97 Å². The molecular formula is C20H19ClFNO3. The number of aryl methyl sites for hydroxylation is 1. The van der Waals surface area contributed by atoms with E-state index in [0.29, 0.717) is 6.42 Å². The first-order chi connectivity index (χ1) is 12.3. The molecular weight excluding hydrogens is 357 g/mol. The Kier molecular flexibility index (Phi) is 5.01. The molecule has 3 rings (SSSR count). The van der Waals surface area contributed by atoms with E-state index in [1.807, 2.05) is 13.8 Å². The molecule has 4 nitrogen and oxygen atoms in total. The third kappa shape index (κ3) is 3.19. The zero-order chi connectivity index (χ0) is 19.0. The molecule has 0 unspecified atom stereocenters. The monoisotopic (exact) mass is 375 g/mol. The number of carbonyl (C=O) groups excluding carboxylic acids is 1. The normalized spacial score (nSPS) is 15.8. The van der Waals surface area contributed by atoms with Gasteiger partial charge in [-0.3, -0.25) is 4.79 Å². The van der Waals surface area contributed by atoms with E-state index in [4.69, 9.17) is 11.6 Å². The second-order valence-corrected chi connectivity index (χ2v) is 7.06. The van der Waals surface area contributed by atoms with Gasteiger partial charge in [-0.2, -0.15) is 0 Å². The molecule has 1 N–H and O–H groups in total. The van der Waals surface area contributed by atoms with E-state index in [-0.39, 0.29) is 34.1 Å². The van der Waals surface area contributed by atoms with Crippen molar-refractivity contribution < 1.29 is 19.1 Å². The molecule has 0 aliphatic heterocycles. The first-order valence-electron chi connectivity index (χ1n) is 8.44. The number of carbonyl (C=O) groups is 2. The molecule has 0 bridgehead atoms. The fraction of sp³-hybridized carbons (Fsp3) is 0.300. The summed E-state index contributed by atoms with van der Waals surface area (Å²) in [7, 11) is 0. The van der Waals surface area contributed by atoms with Gasteiger partial charge in [-0.25, -0.2) is 9.18 Å². The number of hydrogen-bond acceptors (Lipinski definition) is 2. The highest BCUT2D eigenvalue weighted by Crippen LogP contribution is 2.39. The molecule has 2 aromatic rings. The van der Waals surface area contributed by atoms with Crippen molar-refractivity contribution in [2.45, 2.75) is 38.8 Å². The molecule has 2 aromatic carbocycles. The van der Waals surface area contributed by atoms with E-state index in [2.05, 4.69) is 0 Å². The highest BCUT2D eigenvalue weighted by molar-refractivity contribution is 6.34. The number of amides is 1. The lowest BCUT2D eigenvalue weighted by atomic mass is 10.0. The Morgan fingerprint density at radius 3 is 2.65 bits per heavy atom. The third-order valence-corrected chi connectivity index (χ3v) is 5.13. The summed E-state index contributed by atoms with van der Waals surface area (Å²) < 4.78 is 13.8. The SMILES string of the molecule is CC(C)N(C(=O)c1cccc(F)c1Cl)[C@@H]1CCc2ccc(C(=O)O)cc21. The van der Waals surface area contributed by atoms with Crippen LogP contribution in [-0.4, -0.2) is 27.9 Å². The van der Waals surface area contributed by atoms with E-state index in [0.717, 1.165) is 17.5 Å². The van der Waals surface area contributed by atoms with Gasteiger partial charge in [0.15, 0.2) is 0 Å². The molecule has 0 radical (unpaired) electrons. The lowest BCUT2D eigenvalue weighted by Gasteiger charge is -2.34. The Morgan fingerprint density at radius 2 is 2.00 bits per heavy atom. The molecule has 6 heteroatoms. The van der Waals surface area contributed by atoms with E-state index >= 15 is 0 Å². The molecule has 0 aromatic heterocycles. The lowest BCUT2D eigenvalue weighted by molar-refractivity contribution is 0.0605. The van der Waals surface area contributed by atoms with Gasteiger partial charge in [0, 0.05) is 6.04 Å². The Morgan fingerprint density at radius 1 is 1.27 bits per heavy atom. The number of nitrogens with zero attached hydrogens (tertiary/aromatic N) is 1. The zero-order valence-corrected chi connectivity index (χ0v) is 15.3. The van der Waals surface area contributed by atoms with Crippen LogP contribution in [0.25, 0.3) is 0 Å². The minimum atomic E-state index is -1.01. The summed E-state index contributed by atoms with van der Waals surface area (Å²) in [6.45, 7) is 3.76. The van der Waals surface area contributed by atoms with Crippen LogP contribution in [-0.2, 0) is 6.42 Å². The van der Waals surface area contributed by atoms with Crippen LogP contribution in [0.5, 0.6) is 0 Å². The van der Waals surface area contributed by atoms with E-state index < -0.39 is 11.8 Å². The van der Waals surface area contributed by atoms with Gasteiger partial charge in [-0.1, -0.05) is 23.7 Å². The maximum atomic E-state index is 13.8. The average molecular weight is 376 g/mol. The van der Waals surface area contributed by atoms with Crippen LogP contribution in [0.4, 0.5) is 4.39 Å². The summed E-state index contributed by atoms with van der Waals surface area (Å²) in [6.07, 6.45) is 1.45. The Balaban J connectivity index is 2.03. The Labute approximate surface area is 156 Å². The van der Waals surface area contributed by atoms with Crippen LogP contribution in [0.1, 0.15) is 58.2 Å². The maximum absolute atomic E-state index is 13.8. The maximum Gasteiger partial charge on any atom is 0.335 e. The largest absolute Gasteiger partial charge is 0.478 e. The highest BCUT2D eigenvalue weighted by atomic mass is 35.5. The Bertz CT molecular complexity index is 881. The summed E-state index contributed by atoms with van der Waals surface area (Å²) in [5.41, 5.74) is 2.17. The van der Waals surface area contributed by atoms with Gasteiger partial charge in [-0.05, 0) is 62.1 Å². The van der Waals surface area contributed by atoms with Gasteiger partial charge in [0.05, 0.1) is 22.2 Å². The Hall–Kier alpha value is -2.40. The quantitative estimate of drug-likeness (QED) is 0.841. The van der Waals surface area contributed by atoms with Crippen LogP contribution >= 0.6 is 11.6 Å². The van der Waals surface area contributed by atoms with Crippen molar-refractivity contribution in [1.82, 2.24) is 4.90 Å². The number of halogens is 2. The molecule has 1 aliphatic rings. The molecule has 0 saturated carbocycles. The van der Waals surface area contributed by atoms with E-state index in [1.165, 1.54) is 18.2 Å². The molecule has 26 heavy (non-hydrogen) atoms. The predicted octanol–water partition coefficient (Wildman–Crippen LogP) is 4.72. The molecule has 0 saturated heterocycles. The van der Waals surface area contributed by atoms with Crippen molar-refractivity contribution in [3.63, 3.8) is 0 Å². The van der Waals surface area contributed by atoms with Gasteiger partial charge in [0.2, 0.25) is 0 Å². The van der Waals surface area contributed by atoms with Crippen LogP contribution in [0.3, 0.4) is 0 Å². The van der Waals surface area contributed by atoms with Crippen molar-refractivity contribution >= 4 is 23.5 Å². The van der Waals surface area contributed by atoms with Crippen LogP contribution < -0.4 is 0 Å². The summed E-state index contributed by atoms with van der Waals surface area (Å²) in [5, 5.41) is 9.07. The zero-order valence-electron chi connectivity index (χ0n) is 14.5. The van der Waals surface area contributed by atoms with Gasteiger partial charge in [0.25, 0.3) is 5.91 Å². The van der Waals surface area contributed by atoms with Crippen molar-refractivity contribution in [3.8, 4) is 0 Å². The number of hydrogen-bond donors (Lipinski definition) is 1. The lowest BCUT2D eigenvalue weighted by Crippen LogP contribution is -2.39. The van der Waals surface area contributed by atoms with Crippen LogP contribution in [0, 0.1) is 5.82 Å². The molecule has 1 amide bonds. The minimum Gasteiger partial charge on any atom is -0.478 e. The first-order valence-corrected chi connectivity index (χ1v) is 8.82. The fourth-order valence-corrected chi connectivity index (χ4v) is 3.75. The minimum absolute atomic E-state index is 0.114. The number of carboxylic acid groups (broad SMARTS) is 1. The molecule has 0 spiro atoms. The van der Waals surface area contributed by atoms with E-state index in [1.54, 1.807) is 23.1 Å². The van der Waals surface area contributed by atoms with Gasteiger partial charge < -0.3 is 10.0 Å². The molecule has 1 atom stereocenters. The van der Waals surface area contributed by atoms with Gasteiger partial charge in [0.1, 0.15) is 5.82 Å². The number of benzene rings is 2. The molecule has 1 aliphatic carbocycles. The number of aromatic carboxylic acids is 1. The number of carboxylic acids is 1.